The third-order valence-electron chi connectivity index (χ3n) is 4.32. The molecule has 4 nitrogen and oxygen atoms in total. The van der Waals surface area contributed by atoms with Crippen LogP contribution in [0.2, 0.25) is 0 Å². The number of hydrogen-bond donors (Lipinski definition) is 3. The van der Waals surface area contributed by atoms with Crippen molar-refractivity contribution in [3.8, 4) is 0 Å². The first-order valence-corrected chi connectivity index (χ1v) is 9.49. The van der Waals surface area contributed by atoms with Crippen molar-refractivity contribution < 1.29 is 4.79 Å². The average Bonchev–Trinajstić information content (AvgIpc) is 2.70. The average molecular weight is 390 g/mol. The van der Waals surface area contributed by atoms with Crippen molar-refractivity contribution in [1.82, 2.24) is 5.32 Å². The third kappa shape index (κ3) is 5.41. The molecule has 0 aromatic heterocycles. The molecule has 0 atom stereocenters. The predicted molar refractivity (Wildman–Crippen MR) is 120 cm³/mol. The molecule has 0 aliphatic heterocycles. The fourth-order valence-corrected chi connectivity index (χ4v) is 3.00. The van der Waals surface area contributed by atoms with E-state index in [0.717, 1.165) is 28.1 Å². The molecule has 0 saturated heterocycles. The fraction of sp³-hybridized carbons (Fsp3) is 0.130. The molecule has 0 heterocycles. The predicted octanol–water partition coefficient (Wildman–Crippen LogP) is 5.04. The minimum atomic E-state index is -0.124. The second-order valence-electron chi connectivity index (χ2n) is 6.65. The molecule has 0 bridgehead atoms. The molecule has 1 amide bonds. The van der Waals surface area contributed by atoms with Gasteiger partial charge in [-0.15, -0.1) is 0 Å². The van der Waals surface area contributed by atoms with Gasteiger partial charge in [0, 0.05) is 23.5 Å². The molecule has 0 aliphatic rings. The number of amides is 1. The van der Waals surface area contributed by atoms with Crippen molar-refractivity contribution in [3.63, 3.8) is 0 Å². The Morgan fingerprint density at radius 1 is 0.893 bits per heavy atom. The molecule has 0 radical (unpaired) electrons. The molecule has 0 spiro atoms. The van der Waals surface area contributed by atoms with Crippen molar-refractivity contribution in [1.29, 1.82) is 0 Å². The monoisotopic (exact) mass is 389 g/mol. The van der Waals surface area contributed by atoms with Gasteiger partial charge in [-0.05, 0) is 67.0 Å². The van der Waals surface area contributed by atoms with Gasteiger partial charge in [-0.3, -0.25) is 4.79 Å². The van der Waals surface area contributed by atoms with Gasteiger partial charge in [0.1, 0.15) is 0 Å². The zero-order chi connectivity index (χ0) is 19.9. The fourth-order valence-electron chi connectivity index (χ4n) is 2.77. The first-order chi connectivity index (χ1) is 13.5. The van der Waals surface area contributed by atoms with Crippen molar-refractivity contribution in [3.05, 3.63) is 95.1 Å². The number of thiocarbonyl (C=S) groups is 1. The quantitative estimate of drug-likeness (QED) is 0.535. The van der Waals surface area contributed by atoms with Crippen LogP contribution in [0.5, 0.6) is 0 Å². The van der Waals surface area contributed by atoms with Gasteiger partial charge >= 0.3 is 0 Å². The normalized spacial score (nSPS) is 10.2. The van der Waals surface area contributed by atoms with Crippen molar-refractivity contribution in [2.75, 3.05) is 10.6 Å². The van der Waals surface area contributed by atoms with Gasteiger partial charge in [-0.2, -0.15) is 0 Å². The molecule has 3 N–H and O–H groups in total. The van der Waals surface area contributed by atoms with Crippen LogP contribution in [-0.2, 0) is 6.54 Å². The Labute approximate surface area is 171 Å². The molecular formula is C23H23N3OS. The molecule has 3 aromatic rings. The van der Waals surface area contributed by atoms with Crippen LogP contribution < -0.4 is 16.0 Å². The molecule has 142 valence electrons. The van der Waals surface area contributed by atoms with E-state index in [1.54, 1.807) is 12.1 Å². The number of carbonyl (C=O) groups excluding carboxylic acids is 1. The Bertz CT molecular complexity index is 986. The summed E-state index contributed by atoms with van der Waals surface area (Å²) in [6.07, 6.45) is 0. The first kappa shape index (κ1) is 19.6. The zero-order valence-corrected chi connectivity index (χ0v) is 16.8. The van der Waals surface area contributed by atoms with E-state index in [1.165, 1.54) is 0 Å². The molecule has 5 heteroatoms. The van der Waals surface area contributed by atoms with Crippen LogP contribution >= 0.6 is 12.2 Å². The van der Waals surface area contributed by atoms with Crippen LogP contribution in [0.4, 0.5) is 11.4 Å². The Morgan fingerprint density at radius 3 is 2.46 bits per heavy atom. The topological polar surface area (TPSA) is 53.2 Å². The van der Waals surface area contributed by atoms with E-state index in [2.05, 4.69) is 34.1 Å². The standard InChI is InChI=1S/C23H23N3OS/c1-16-11-12-17(2)21(13-16)26-23(28)25-20-10-6-9-19(14-20)22(27)24-15-18-7-4-3-5-8-18/h3-14H,15H2,1-2H3,(H,24,27)(H2,25,26,28). The van der Waals surface area contributed by atoms with Gasteiger partial charge in [-0.25, -0.2) is 0 Å². The van der Waals surface area contributed by atoms with Gasteiger partial charge in [0.2, 0.25) is 0 Å². The highest BCUT2D eigenvalue weighted by Crippen LogP contribution is 2.17. The van der Waals surface area contributed by atoms with Crippen molar-refractivity contribution >= 4 is 34.6 Å². The summed E-state index contributed by atoms with van der Waals surface area (Å²) >= 11 is 5.42. The zero-order valence-electron chi connectivity index (χ0n) is 16.0. The van der Waals surface area contributed by atoms with Crippen LogP contribution in [0, 0.1) is 13.8 Å². The number of carbonyl (C=O) groups is 1. The highest BCUT2D eigenvalue weighted by molar-refractivity contribution is 7.80. The van der Waals surface area contributed by atoms with E-state index < -0.39 is 0 Å². The SMILES string of the molecule is Cc1ccc(C)c(NC(=S)Nc2cccc(C(=O)NCc3ccccc3)c2)c1. The number of hydrogen-bond acceptors (Lipinski definition) is 2. The number of rotatable bonds is 5. The Morgan fingerprint density at radius 2 is 1.68 bits per heavy atom. The summed E-state index contributed by atoms with van der Waals surface area (Å²) in [4.78, 5) is 12.4. The van der Waals surface area contributed by atoms with Crippen LogP contribution in [0.25, 0.3) is 0 Å². The molecule has 0 unspecified atom stereocenters. The van der Waals surface area contributed by atoms with Crippen LogP contribution in [0.1, 0.15) is 27.0 Å². The lowest BCUT2D eigenvalue weighted by atomic mass is 10.1. The molecular weight excluding hydrogens is 366 g/mol. The van der Waals surface area contributed by atoms with E-state index in [1.807, 2.05) is 56.3 Å². The van der Waals surface area contributed by atoms with Gasteiger partial charge in [0.05, 0.1) is 0 Å². The second-order valence-corrected chi connectivity index (χ2v) is 7.05. The smallest absolute Gasteiger partial charge is 0.251 e. The van der Waals surface area contributed by atoms with E-state index in [-0.39, 0.29) is 5.91 Å². The highest BCUT2D eigenvalue weighted by atomic mass is 32.1. The third-order valence-corrected chi connectivity index (χ3v) is 4.52. The van der Waals surface area contributed by atoms with Gasteiger partial charge in [-0.1, -0.05) is 48.5 Å². The Kier molecular flexibility index (Phi) is 6.40. The second kappa shape index (κ2) is 9.15. The summed E-state index contributed by atoms with van der Waals surface area (Å²) in [5.41, 5.74) is 5.64. The summed E-state index contributed by atoms with van der Waals surface area (Å²) in [6.45, 7) is 4.56. The number of aryl methyl sites for hydroxylation is 2. The van der Waals surface area contributed by atoms with E-state index in [9.17, 15) is 4.79 Å². The molecule has 0 fully saturated rings. The van der Waals surface area contributed by atoms with Crippen molar-refractivity contribution in [2.45, 2.75) is 20.4 Å². The number of benzene rings is 3. The van der Waals surface area contributed by atoms with E-state index >= 15 is 0 Å². The van der Waals surface area contributed by atoms with Crippen LogP contribution in [0.15, 0.2) is 72.8 Å². The molecule has 3 aromatic carbocycles. The highest BCUT2D eigenvalue weighted by Gasteiger charge is 2.08. The lowest BCUT2D eigenvalue weighted by molar-refractivity contribution is 0.0951. The van der Waals surface area contributed by atoms with Gasteiger partial charge < -0.3 is 16.0 Å². The number of nitrogens with one attached hydrogen (secondary N) is 3. The maximum atomic E-state index is 12.4. The maximum Gasteiger partial charge on any atom is 0.251 e. The Hall–Kier alpha value is -3.18. The molecule has 0 aliphatic carbocycles. The summed E-state index contributed by atoms with van der Waals surface area (Å²) in [7, 11) is 0. The summed E-state index contributed by atoms with van der Waals surface area (Å²) in [5.74, 6) is -0.124. The molecule has 3 rings (SSSR count). The number of anilines is 2. The van der Waals surface area contributed by atoms with Crippen LogP contribution in [0.3, 0.4) is 0 Å². The van der Waals surface area contributed by atoms with E-state index in [4.69, 9.17) is 12.2 Å². The van der Waals surface area contributed by atoms with Crippen molar-refractivity contribution in [2.24, 2.45) is 0 Å². The van der Waals surface area contributed by atoms with E-state index in [0.29, 0.717) is 17.2 Å². The Balaban J connectivity index is 1.61. The maximum absolute atomic E-state index is 12.4. The first-order valence-electron chi connectivity index (χ1n) is 9.09. The minimum Gasteiger partial charge on any atom is -0.348 e. The molecule has 0 saturated carbocycles. The molecule has 28 heavy (non-hydrogen) atoms. The lowest BCUT2D eigenvalue weighted by Gasteiger charge is -2.14. The van der Waals surface area contributed by atoms with Crippen LogP contribution in [-0.4, -0.2) is 11.0 Å². The summed E-state index contributed by atoms with van der Waals surface area (Å²) in [6, 6.07) is 23.3. The van der Waals surface area contributed by atoms with Gasteiger partial charge in [0.25, 0.3) is 5.91 Å². The minimum absolute atomic E-state index is 0.124. The largest absolute Gasteiger partial charge is 0.348 e. The summed E-state index contributed by atoms with van der Waals surface area (Å²) < 4.78 is 0. The lowest BCUT2D eigenvalue weighted by Crippen LogP contribution is -2.23. The summed E-state index contributed by atoms with van der Waals surface area (Å²) in [5, 5.41) is 9.78. The van der Waals surface area contributed by atoms with Gasteiger partial charge in [0.15, 0.2) is 5.11 Å².